The van der Waals surface area contributed by atoms with Gasteiger partial charge in [0, 0.05) is 19.2 Å². The molecule has 0 amide bonds. The van der Waals surface area contributed by atoms with Gasteiger partial charge in [0.2, 0.25) is 5.88 Å². The van der Waals surface area contributed by atoms with E-state index in [0.717, 1.165) is 37.2 Å². The Bertz CT molecular complexity index is 1210. The molecule has 0 radical (unpaired) electrons. The predicted molar refractivity (Wildman–Crippen MR) is 126 cm³/mol. The van der Waals surface area contributed by atoms with Crippen LogP contribution in [-0.4, -0.2) is 53.2 Å². The van der Waals surface area contributed by atoms with Crippen molar-refractivity contribution in [3.8, 4) is 23.0 Å². The second-order valence-corrected chi connectivity index (χ2v) is 9.18. The Balaban J connectivity index is 1.27. The quantitative estimate of drug-likeness (QED) is 0.471. The van der Waals surface area contributed by atoms with Crippen molar-refractivity contribution in [3.05, 3.63) is 35.9 Å². The Morgan fingerprint density at radius 1 is 1.23 bits per heavy atom. The first-order valence-electron chi connectivity index (χ1n) is 11.9. The Morgan fingerprint density at radius 2 is 2.09 bits per heavy atom. The number of nitrogens with one attached hydrogen (secondary N) is 1. The number of aryl methyl sites for hydroxylation is 2. The average molecular weight is 480 g/mol. The van der Waals surface area contributed by atoms with Crippen LogP contribution >= 0.6 is 0 Å². The normalized spacial score (nSPS) is 19.8. The van der Waals surface area contributed by atoms with E-state index in [1.807, 2.05) is 26.1 Å². The zero-order chi connectivity index (χ0) is 24.4. The second-order valence-electron chi connectivity index (χ2n) is 9.18. The molecule has 5 rings (SSSR count). The smallest absolute Gasteiger partial charge is 0.306 e. The third kappa shape index (κ3) is 5.50. The fraction of sp³-hybridized carbons (Fsp3) is 0.500. The summed E-state index contributed by atoms with van der Waals surface area (Å²) in [7, 11) is 1.81. The predicted octanol–water partition coefficient (Wildman–Crippen LogP) is 3.15. The molecule has 2 atom stereocenters. The summed E-state index contributed by atoms with van der Waals surface area (Å²) >= 11 is 0. The van der Waals surface area contributed by atoms with E-state index in [2.05, 4.69) is 25.6 Å². The molecule has 11 heteroatoms. The molecule has 3 aromatic rings. The standard InChI is InChI=1S/C24H29N7O4/c1-14-20(35-17-5-3-4-15(10-17)24(32)33)9-8-18(27-14)23-19(31(2)30-29-23)12-34-22-11-21(25-13-26-22)28-16-6-7-16/h8-9,11,13,15-17H,3-7,10,12H2,1-2H3,(H,32,33)(H,25,26,28)/t15-,17-/m0/s1. The number of hydrogen-bond donors (Lipinski definition) is 2. The van der Waals surface area contributed by atoms with Crippen LogP contribution in [0.1, 0.15) is 49.9 Å². The van der Waals surface area contributed by atoms with Crippen LogP contribution in [0.3, 0.4) is 0 Å². The highest BCUT2D eigenvalue weighted by Gasteiger charge is 2.28. The maximum absolute atomic E-state index is 11.4. The van der Waals surface area contributed by atoms with Gasteiger partial charge in [-0.05, 0) is 57.6 Å². The number of ether oxygens (including phenoxy) is 2. The molecular formula is C24H29N7O4. The van der Waals surface area contributed by atoms with Crippen LogP contribution in [0.15, 0.2) is 24.5 Å². The first-order chi connectivity index (χ1) is 17.0. The molecule has 0 aromatic carbocycles. The third-order valence-electron chi connectivity index (χ3n) is 6.42. The van der Waals surface area contributed by atoms with Crippen LogP contribution in [0, 0.1) is 12.8 Å². The molecule has 0 saturated heterocycles. The summed E-state index contributed by atoms with van der Waals surface area (Å²) in [6.45, 7) is 2.09. The molecule has 2 aliphatic rings. The lowest BCUT2D eigenvalue weighted by atomic mass is 9.87. The van der Waals surface area contributed by atoms with Crippen LogP contribution in [0.5, 0.6) is 11.6 Å². The van der Waals surface area contributed by atoms with E-state index in [9.17, 15) is 9.90 Å². The fourth-order valence-corrected chi connectivity index (χ4v) is 4.27. The molecule has 35 heavy (non-hydrogen) atoms. The third-order valence-corrected chi connectivity index (χ3v) is 6.42. The molecule has 2 saturated carbocycles. The van der Waals surface area contributed by atoms with Crippen molar-refractivity contribution in [1.82, 2.24) is 29.9 Å². The van der Waals surface area contributed by atoms with E-state index >= 15 is 0 Å². The molecule has 0 bridgehead atoms. The lowest BCUT2D eigenvalue weighted by Crippen LogP contribution is -2.29. The first kappa shape index (κ1) is 23.0. The van der Waals surface area contributed by atoms with Crippen molar-refractivity contribution in [2.45, 2.75) is 64.2 Å². The SMILES string of the molecule is Cc1nc(-c2nnn(C)c2COc2cc(NC3CC3)ncn2)ccc1O[C@H]1CCC[C@H](C(=O)O)C1. The zero-order valence-corrected chi connectivity index (χ0v) is 19.8. The number of hydrogen-bond acceptors (Lipinski definition) is 9. The molecule has 2 N–H and O–H groups in total. The number of carbonyl (C=O) groups is 1. The highest BCUT2D eigenvalue weighted by molar-refractivity contribution is 5.70. The van der Waals surface area contributed by atoms with Crippen LogP contribution < -0.4 is 14.8 Å². The van der Waals surface area contributed by atoms with Gasteiger partial charge >= 0.3 is 5.97 Å². The number of rotatable bonds is 9. The average Bonchev–Trinajstić information content (AvgIpc) is 3.59. The van der Waals surface area contributed by atoms with Gasteiger partial charge < -0.3 is 19.9 Å². The molecule has 0 spiro atoms. The topological polar surface area (TPSA) is 137 Å². The van der Waals surface area contributed by atoms with Crippen LogP contribution in [0.4, 0.5) is 5.82 Å². The molecular weight excluding hydrogens is 450 g/mol. The highest BCUT2D eigenvalue weighted by atomic mass is 16.5. The first-order valence-corrected chi connectivity index (χ1v) is 11.9. The van der Waals surface area contributed by atoms with E-state index < -0.39 is 5.97 Å². The lowest BCUT2D eigenvalue weighted by Gasteiger charge is -2.27. The monoisotopic (exact) mass is 479 g/mol. The second kappa shape index (κ2) is 9.85. The number of anilines is 1. The number of aromatic nitrogens is 6. The molecule has 0 unspecified atom stereocenters. The zero-order valence-electron chi connectivity index (χ0n) is 19.8. The van der Waals surface area contributed by atoms with Gasteiger partial charge in [0.05, 0.1) is 23.4 Å². The van der Waals surface area contributed by atoms with Crippen molar-refractivity contribution < 1.29 is 19.4 Å². The summed E-state index contributed by atoms with van der Waals surface area (Å²) in [5.74, 6) is 0.775. The molecule has 3 aromatic heterocycles. The molecule has 2 aliphatic carbocycles. The van der Waals surface area contributed by atoms with Crippen molar-refractivity contribution in [2.24, 2.45) is 13.0 Å². The van der Waals surface area contributed by atoms with Gasteiger partial charge in [-0.25, -0.2) is 19.6 Å². The van der Waals surface area contributed by atoms with Gasteiger partial charge in [-0.15, -0.1) is 5.10 Å². The van der Waals surface area contributed by atoms with Gasteiger partial charge in [0.25, 0.3) is 0 Å². The number of pyridine rings is 1. The molecule has 11 nitrogen and oxygen atoms in total. The number of carboxylic acids is 1. The molecule has 184 valence electrons. The largest absolute Gasteiger partial charge is 0.489 e. The van der Waals surface area contributed by atoms with Crippen LogP contribution in [0.2, 0.25) is 0 Å². The fourth-order valence-electron chi connectivity index (χ4n) is 4.27. The van der Waals surface area contributed by atoms with Gasteiger partial charge in [0.1, 0.15) is 35.9 Å². The van der Waals surface area contributed by atoms with E-state index in [0.29, 0.717) is 47.6 Å². The van der Waals surface area contributed by atoms with Crippen molar-refractivity contribution >= 4 is 11.8 Å². The maximum atomic E-state index is 11.4. The van der Waals surface area contributed by atoms with Crippen molar-refractivity contribution in [2.75, 3.05) is 5.32 Å². The van der Waals surface area contributed by atoms with Gasteiger partial charge in [-0.3, -0.25) is 4.79 Å². The summed E-state index contributed by atoms with van der Waals surface area (Å²) in [5.41, 5.74) is 2.75. The minimum Gasteiger partial charge on any atom is -0.489 e. The number of aliphatic carboxylic acids is 1. The van der Waals surface area contributed by atoms with Gasteiger partial charge in [-0.2, -0.15) is 0 Å². The van der Waals surface area contributed by atoms with E-state index in [4.69, 9.17) is 14.5 Å². The van der Waals surface area contributed by atoms with Gasteiger partial charge in [-0.1, -0.05) is 5.21 Å². The molecule has 2 fully saturated rings. The van der Waals surface area contributed by atoms with E-state index in [1.165, 1.54) is 6.33 Å². The Morgan fingerprint density at radius 3 is 2.86 bits per heavy atom. The van der Waals surface area contributed by atoms with Crippen LogP contribution in [-0.2, 0) is 18.4 Å². The minimum absolute atomic E-state index is 0.121. The maximum Gasteiger partial charge on any atom is 0.306 e. The van der Waals surface area contributed by atoms with Crippen LogP contribution in [0.25, 0.3) is 11.4 Å². The molecule has 3 heterocycles. The lowest BCUT2D eigenvalue weighted by molar-refractivity contribution is -0.143. The summed E-state index contributed by atoms with van der Waals surface area (Å²) in [4.78, 5) is 24.5. The van der Waals surface area contributed by atoms with Gasteiger partial charge in [0.15, 0.2) is 0 Å². The Labute approximate surface area is 202 Å². The van der Waals surface area contributed by atoms with E-state index in [-0.39, 0.29) is 18.6 Å². The number of carboxylic acid groups (broad SMARTS) is 1. The Kier molecular flexibility index (Phi) is 6.47. The molecule has 0 aliphatic heterocycles. The summed E-state index contributed by atoms with van der Waals surface area (Å²) in [6.07, 6.45) is 6.59. The van der Waals surface area contributed by atoms with E-state index in [1.54, 1.807) is 10.7 Å². The Hall–Kier alpha value is -3.76. The summed E-state index contributed by atoms with van der Waals surface area (Å²) < 4.78 is 13.7. The number of nitrogens with zero attached hydrogens (tertiary/aromatic N) is 6. The summed E-state index contributed by atoms with van der Waals surface area (Å²) in [6, 6.07) is 5.98. The van der Waals surface area contributed by atoms with Crippen molar-refractivity contribution in [1.29, 1.82) is 0 Å². The minimum atomic E-state index is -0.752. The summed E-state index contributed by atoms with van der Waals surface area (Å²) in [5, 5.41) is 21.1. The highest BCUT2D eigenvalue weighted by Crippen LogP contribution is 2.31. The van der Waals surface area contributed by atoms with Crippen molar-refractivity contribution in [3.63, 3.8) is 0 Å².